The van der Waals surface area contributed by atoms with Crippen LogP contribution in [0.15, 0.2) is 72.8 Å². The van der Waals surface area contributed by atoms with Gasteiger partial charge in [-0.1, -0.05) is 84.3 Å². The molecule has 0 bridgehead atoms. The third-order valence-corrected chi connectivity index (χ3v) is 4.52. The molecule has 0 amide bonds. The van der Waals surface area contributed by atoms with E-state index >= 15 is 0 Å². The van der Waals surface area contributed by atoms with Gasteiger partial charge in [0.15, 0.2) is 11.6 Å². The smallest absolute Gasteiger partial charge is 0.872 e. The summed E-state index contributed by atoms with van der Waals surface area (Å²) in [6.07, 6.45) is 0. The summed E-state index contributed by atoms with van der Waals surface area (Å²) in [5.74, 6) is -0.701. The summed E-state index contributed by atoms with van der Waals surface area (Å²) in [6, 6.07) is 21.3. The minimum atomic E-state index is -0.180. The zero-order valence-corrected chi connectivity index (χ0v) is 16.8. The molecule has 0 heterocycles. The predicted octanol–water partition coefficient (Wildman–Crippen LogP) is 4.23. The van der Waals surface area contributed by atoms with Gasteiger partial charge >= 0.3 is 17.1 Å². The van der Waals surface area contributed by atoms with Crippen molar-refractivity contribution in [3.63, 3.8) is 0 Å². The molecular formula is C24H18CuO4. The van der Waals surface area contributed by atoms with E-state index in [1.165, 1.54) is 13.8 Å². The van der Waals surface area contributed by atoms with Crippen molar-refractivity contribution in [1.29, 1.82) is 0 Å². The van der Waals surface area contributed by atoms with Gasteiger partial charge < -0.3 is 10.2 Å². The van der Waals surface area contributed by atoms with Crippen molar-refractivity contribution in [3.05, 3.63) is 83.9 Å². The Kier molecular flexibility index (Phi) is 7.16. The number of fused-ring (bicyclic) bond motifs is 2. The van der Waals surface area contributed by atoms with Crippen molar-refractivity contribution in [2.45, 2.75) is 13.8 Å². The van der Waals surface area contributed by atoms with Crippen molar-refractivity contribution in [2.75, 3.05) is 0 Å². The first-order chi connectivity index (χ1) is 13.4. The predicted molar refractivity (Wildman–Crippen MR) is 107 cm³/mol. The van der Waals surface area contributed by atoms with Crippen LogP contribution in [0.25, 0.3) is 21.5 Å². The van der Waals surface area contributed by atoms with E-state index in [9.17, 15) is 19.8 Å². The number of ketones is 2. The van der Waals surface area contributed by atoms with Crippen molar-refractivity contribution in [2.24, 2.45) is 0 Å². The summed E-state index contributed by atoms with van der Waals surface area (Å²) in [4.78, 5) is 22.2. The number of benzene rings is 4. The molecule has 0 fully saturated rings. The number of carbonyl (C=O) groups is 2. The Morgan fingerprint density at radius 2 is 0.931 bits per heavy atom. The number of rotatable bonds is 2. The summed E-state index contributed by atoms with van der Waals surface area (Å²) in [6.45, 7) is 2.82. The summed E-state index contributed by atoms with van der Waals surface area (Å²) in [5.41, 5.74) is 0.535. The summed E-state index contributed by atoms with van der Waals surface area (Å²) >= 11 is 0. The molecule has 4 aromatic carbocycles. The summed E-state index contributed by atoms with van der Waals surface area (Å²) in [5, 5.41) is 26.5. The first kappa shape index (κ1) is 22.2. The molecule has 0 spiro atoms. The van der Waals surface area contributed by atoms with Gasteiger partial charge in [0.05, 0.1) is 0 Å². The average molecular weight is 434 g/mol. The summed E-state index contributed by atoms with van der Waals surface area (Å²) in [7, 11) is 0. The molecule has 0 saturated carbocycles. The molecule has 0 aliphatic heterocycles. The van der Waals surface area contributed by atoms with E-state index in [1.54, 1.807) is 48.5 Å². The van der Waals surface area contributed by atoms with Crippen LogP contribution in [0, 0.1) is 0 Å². The van der Waals surface area contributed by atoms with E-state index in [4.69, 9.17) is 0 Å². The summed E-state index contributed by atoms with van der Waals surface area (Å²) < 4.78 is 0. The molecule has 4 nitrogen and oxygen atoms in total. The zero-order chi connectivity index (χ0) is 20.3. The number of Topliss-reactive ketones (excluding diaryl/α,β-unsaturated/α-hetero) is 2. The second kappa shape index (κ2) is 9.37. The van der Waals surface area contributed by atoms with Crippen LogP contribution in [0.3, 0.4) is 0 Å². The van der Waals surface area contributed by atoms with Gasteiger partial charge in [-0.25, -0.2) is 0 Å². The zero-order valence-electron chi connectivity index (χ0n) is 15.9. The van der Waals surface area contributed by atoms with Crippen LogP contribution >= 0.6 is 0 Å². The van der Waals surface area contributed by atoms with Crippen molar-refractivity contribution in [3.8, 4) is 11.5 Å². The maximum atomic E-state index is 11.7. The van der Waals surface area contributed by atoms with Gasteiger partial charge in [-0.3, -0.25) is 9.59 Å². The monoisotopic (exact) mass is 433 g/mol. The van der Waals surface area contributed by atoms with E-state index in [-0.39, 0.29) is 51.3 Å². The number of hydrogen-bond donors (Lipinski definition) is 0. The van der Waals surface area contributed by atoms with Gasteiger partial charge in [0.25, 0.3) is 0 Å². The SMILES string of the molecule is CC(=O)c1ccc2ccccc2c1[O-].CC(=O)c1ccc2ccccc2c1[O-].[Cu+2]. The molecule has 0 aromatic heterocycles. The Morgan fingerprint density at radius 1 is 0.586 bits per heavy atom. The third kappa shape index (κ3) is 4.65. The molecular weight excluding hydrogens is 416 g/mol. The van der Waals surface area contributed by atoms with Gasteiger partial charge in [0, 0.05) is 11.1 Å². The number of hydrogen-bond acceptors (Lipinski definition) is 4. The molecule has 0 aliphatic rings. The van der Waals surface area contributed by atoms with Crippen LogP contribution in [0.2, 0.25) is 0 Å². The molecule has 0 N–H and O–H groups in total. The molecule has 0 aliphatic carbocycles. The molecule has 5 heteroatoms. The van der Waals surface area contributed by atoms with Gasteiger partial charge in [-0.15, -0.1) is 0 Å². The fraction of sp³-hybridized carbons (Fsp3) is 0.0833. The molecule has 149 valence electrons. The maximum Gasteiger partial charge on any atom is 2.00 e. The van der Waals surface area contributed by atoms with E-state index in [2.05, 4.69) is 0 Å². The largest absolute Gasteiger partial charge is 2.00 e. The maximum absolute atomic E-state index is 11.7. The van der Waals surface area contributed by atoms with Crippen molar-refractivity contribution < 1.29 is 36.9 Å². The van der Waals surface area contributed by atoms with E-state index in [1.807, 2.05) is 24.3 Å². The Balaban J connectivity index is 0.000000200. The third-order valence-electron chi connectivity index (χ3n) is 4.52. The fourth-order valence-electron chi connectivity index (χ4n) is 3.04. The van der Waals surface area contributed by atoms with Crippen LogP contribution in [0.4, 0.5) is 0 Å². The second-order valence-corrected chi connectivity index (χ2v) is 6.44. The minimum Gasteiger partial charge on any atom is -0.872 e. The first-order valence-corrected chi connectivity index (χ1v) is 8.79. The molecule has 4 aromatic rings. The van der Waals surface area contributed by atoms with Crippen molar-refractivity contribution in [1.82, 2.24) is 0 Å². The van der Waals surface area contributed by atoms with E-state index < -0.39 is 0 Å². The average Bonchev–Trinajstić information content (AvgIpc) is 2.69. The topological polar surface area (TPSA) is 80.3 Å². The Labute approximate surface area is 179 Å². The second-order valence-electron chi connectivity index (χ2n) is 6.44. The van der Waals surface area contributed by atoms with Crippen LogP contribution < -0.4 is 10.2 Å². The van der Waals surface area contributed by atoms with Crippen LogP contribution in [0.1, 0.15) is 34.6 Å². The van der Waals surface area contributed by atoms with Crippen LogP contribution in [0.5, 0.6) is 11.5 Å². The molecule has 0 unspecified atom stereocenters. The Morgan fingerprint density at radius 3 is 1.28 bits per heavy atom. The Hall–Kier alpha value is -3.14. The molecule has 29 heavy (non-hydrogen) atoms. The quantitative estimate of drug-likeness (QED) is 0.350. The van der Waals surface area contributed by atoms with Crippen molar-refractivity contribution >= 4 is 33.1 Å². The normalized spacial score (nSPS) is 10.0. The first-order valence-electron chi connectivity index (χ1n) is 8.79. The molecule has 0 saturated heterocycles. The van der Waals surface area contributed by atoms with Crippen LogP contribution in [-0.4, -0.2) is 11.6 Å². The van der Waals surface area contributed by atoms with Gasteiger partial charge in [0.1, 0.15) is 0 Å². The van der Waals surface area contributed by atoms with E-state index in [0.717, 1.165) is 10.8 Å². The molecule has 4 rings (SSSR count). The Bertz CT molecular complexity index is 1100. The van der Waals surface area contributed by atoms with E-state index in [0.29, 0.717) is 10.8 Å². The standard InChI is InChI=1S/2C12H10O2.Cu/c2*1-8(13)10-7-6-9-4-2-3-5-11(9)12(10)14;/h2*2-7,14H,1H3;/q;;+2/p-2. The number of carbonyl (C=O) groups excluding carboxylic acids is 2. The fourth-order valence-corrected chi connectivity index (χ4v) is 3.04. The van der Waals surface area contributed by atoms with Gasteiger partial charge in [-0.2, -0.15) is 0 Å². The van der Waals surface area contributed by atoms with Gasteiger partial charge in [-0.05, 0) is 35.4 Å². The van der Waals surface area contributed by atoms with Gasteiger partial charge in [0.2, 0.25) is 0 Å². The van der Waals surface area contributed by atoms with Crippen LogP contribution in [-0.2, 0) is 17.1 Å². The molecule has 1 radical (unpaired) electrons. The molecule has 0 atom stereocenters. The minimum absolute atomic E-state index is 0.